The van der Waals surface area contributed by atoms with Gasteiger partial charge in [0.15, 0.2) is 5.82 Å². The first-order valence-corrected chi connectivity index (χ1v) is 8.13. The molecule has 1 aromatic carbocycles. The Morgan fingerprint density at radius 2 is 1.83 bits per heavy atom. The van der Waals surface area contributed by atoms with E-state index in [-0.39, 0.29) is 5.41 Å². The first-order chi connectivity index (χ1) is 10.8. The fraction of sp³-hybridized carbons (Fsp3) is 0.400. The van der Waals surface area contributed by atoms with E-state index in [9.17, 15) is 0 Å². The molecule has 0 spiro atoms. The van der Waals surface area contributed by atoms with Crippen LogP contribution in [0, 0.1) is 6.92 Å². The number of hydrogen-bond acceptors (Lipinski definition) is 2. The van der Waals surface area contributed by atoms with Crippen molar-refractivity contribution in [2.45, 2.75) is 40.0 Å². The standard InChI is InChI=1S/C20H27N3/c1-7-23(6)14-22-19-12-15(2)18(13-21-19)16-8-10-17(11-9-16)20(3,4)5/h8-14H,7H2,1-6H3. The highest BCUT2D eigenvalue weighted by atomic mass is 15.1. The molecular weight excluding hydrogens is 282 g/mol. The van der Waals surface area contributed by atoms with Gasteiger partial charge < -0.3 is 4.90 Å². The maximum Gasteiger partial charge on any atom is 0.153 e. The summed E-state index contributed by atoms with van der Waals surface area (Å²) in [6, 6.07) is 10.8. The van der Waals surface area contributed by atoms with Gasteiger partial charge in [0, 0.05) is 25.4 Å². The van der Waals surface area contributed by atoms with Crippen LogP contribution in [0.5, 0.6) is 0 Å². The Morgan fingerprint density at radius 3 is 2.35 bits per heavy atom. The summed E-state index contributed by atoms with van der Waals surface area (Å²) in [7, 11) is 2.00. The van der Waals surface area contributed by atoms with E-state index in [0.717, 1.165) is 17.9 Å². The Labute approximate surface area is 140 Å². The number of hydrogen-bond donors (Lipinski definition) is 0. The van der Waals surface area contributed by atoms with E-state index < -0.39 is 0 Å². The van der Waals surface area contributed by atoms with Gasteiger partial charge in [-0.25, -0.2) is 9.98 Å². The molecule has 1 aromatic heterocycles. The van der Waals surface area contributed by atoms with Crippen molar-refractivity contribution in [1.29, 1.82) is 0 Å². The maximum absolute atomic E-state index is 4.47. The first-order valence-electron chi connectivity index (χ1n) is 8.13. The van der Waals surface area contributed by atoms with Crippen molar-refractivity contribution in [3.63, 3.8) is 0 Å². The predicted octanol–water partition coefficient (Wildman–Crippen LogP) is 4.97. The van der Waals surface area contributed by atoms with Crippen LogP contribution in [0.1, 0.15) is 38.8 Å². The van der Waals surface area contributed by atoms with Gasteiger partial charge in [-0.05, 0) is 42.0 Å². The fourth-order valence-electron chi connectivity index (χ4n) is 2.30. The third kappa shape index (κ3) is 4.41. The minimum Gasteiger partial charge on any atom is -0.366 e. The third-order valence-corrected chi connectivity index (χ3v) is 4.04. The SMILES string of the molecule is CCN(C)C=Nc1cc(C)c(-c2ccc(C(C)(C)C)cc2)cn1. The summed E-state index contributed by atoms with van der Waals surface area (Å²) in [5.41, 5.74) is 5.07. The lowest BCUT2D eigenvalue weighted by Gasteiger charge is -2.19. The molecule has 3 heteroatoms. The van der Waals surface area contributed by atoms with Gasteiger partial charge in [-0.3, -0.25) is 0 Å². The van der Waals surface area contributed by atoms with Gasteiger partial charge in [0.25, 0.3) is 0 Å². The number of rotatable bonds is 4. The lowest BCUT2D eigenvalue weighted by Crippen LogP contribution is -2.14. The largest absolute Gasteiger partial charge is 0.366 e. The van der Waals surface area contributed by atoms with Crippen LogP contribution in [-0.2, 0) is 5.41 Å². The monoisotopic (exact) mass is 309 g/mol. The normalized spacial score (nSPS) is 11.9. The molecule has 1 heterocycles. The number of nitrogens with zero attached hydrogens (tertiary/aromatic N) is 3. The third-order valence-electron chi connectivity index (χ3n) is 4.04. The Kier molecular flexibility index (Phi) is 5.19. The quantitative estimate of drug-likeness (QED) is 0.589. The molecule has 0 N–H and O–H groups in total. The van der Waals surface area contributed by atoms with Crippen LogP contribution in [0.4, 0.5) is 5.82 Å². The van der Waals surface area contributed by atoms with Gasteiger partial charge in [0.2, 0.25) is 0 Å². The Hall–Kier alpha value is -2.16. The van der Waals surface area contributed by atoms with Gasteiger partial charge in [-0.1, -0.05) is 45.0 Å². The van der Waals surface area contributed by atoms with Gasteiger partial charge in [-0.15, -0.1) is 0 Å². The molecule has 122 valence electrons. The molecule has 23 heavy (non-hydrogen) atoms. The molecule has 2 rings (SSSR count). The van der Waals surface area contributed by atoms with Crippen LogP contribution in [0.2, 0.25) is 0 Å². The van der Waals surface area contributed by atoms with Crippen molar-refractivity contribution in [2.24, 2.45) is 4.99 Å². The van der Waals surface area contributed by atoms with Gasteiger partial charge in [-0.2, -0.15) is 0 Å². The van der Waals surface area contributed by atoms with Crippen molar-refractivity contribution in [3.8, 4) is 11.1 Å². The Bertz CT molecular complexity index is 679. The predicted molar refractivity (Wildman–Crippen MR) is 99.6 cm³/mol. The molecule has 0 saturated heterocycles. The summed E-state index contributed by atoms with van der Waals surface area (Å²) < 4.78 is 0. The van der Waals surface area contributed by atoms with Crippen LogP contribution in [-0.4, -0.2) is 29.8 Å². The molecule has 3 nitrogen and oxygen atoms in total. The molecule has 0 aliphatic heterocycles. The number of benzene rings is 1. The summed E-state index contributed by atoms with van der Waals surface area (Å²) in [6.07, 6.45) is 3.74. The van der Waals surface area contributed by atoms with E-state index in [1.165, 1.54) is 16.7 Å². The molecule has 0 bridgehead atoms. The van der Waals surface area contributed by atoms with Crippen molar-refractivity contribution in [3.05, 3.63) is 47.7 Å². The van der Waals surface area contributed by atoms with E-state index in [2.05, 4.69) is 68.9 Å². The van der Waals surface area contributed by atoms with Crippen LogP contribution in [0.3, 0.4) is 0 Å². The molecule has 0 fully saturated rings. The molecule has 0 unspecified atom stereocenters. The minimum atomic E-state index is 0.176. The van der Waals surface area contributed by atoms with Crippen LogP contribution in [0.15, 0.2) is 41.5 Å². The number of aromatic nitrogens is 1. The highest BCUT2D eigenvalue weighted by molar-refractivity contribution is 5.69. The smallest absolute Gasteiger partial charge is 0.153 e. The molecule has 0 atom stereocenters. The van der Waals surface area contributed by atoms with Crippen LogP contribution in [0.25, 0.3) is 11.1 Å². The molecule has 0 radical (unpaired) electrons. The highest BCUT2D eigenvalue weighted by Gasteiger charge is 2.13. The average molecular weight is 309 g/mol. The van der Waals surface area contributed by atoms with Gasteiger partial charge in [0.1, 0.15) is 0 Å². The van der Waals surface area contributed by atoms with Crippen LogP contribution < -0.4 is 0 Å². The summed E-state index contributed by atoms with van der Waals surface area (Å²) >= 11 is 0. The number of aryl methyl sites for hydroxylation is 1. The van der Waals surface area contributed by atoms with Crippen molar-refractivity contribution >= 4 is 12.2 Å². The Morgan fingerprint density at radius 1 is 1.17 bits per heavy atom. The second-order valence-electron chi connectivity index (χ2n) is 7.00. The molecule has 0 aliphatic carbocycles. The lowest BCUT2D eigenvalue weighted by atomic mass is 9.86. The fourth-order valence-corrected chi connectivity index (χ4v) is 2.30. The average Bonchev–Trinajstić information content (AvgIpc) is 2.52. The van der Waals surface area contributed by atoms with E-state index in [0.29, 0.717) is 0 Å². The zero-order valence-corrected chi connectivity index (χ0v) is 15.1. The molecular formula is C20H27N3. The van der Waals surface area contributed by atoms with E-state index in [1.807, 2.05) is 30.5 Å². The number of pyridine rings is 1. The zero-order chi connectivity index (χ0) is 17.0. The molecule has 0 amide bonds. The van der Waals surface area contributed by atoms with Crippen molar-refractivity contribution < 1.29 is 0 Å². The zero-order valence-electron chi connectivity index (χ0n) is 15.1. The molecule has 0 aliphatic rings. The van der Waals surface area contributed by atoms with E-state index in [1.54, 1.807) is 0 Å². The van der Waals surface area contributed by atoms with Crippen LogP contribution >= 0.6 is 0 Å². The summed E-state index contributed by atoms with van der Waals surface area (Å²) in [4.78, 5) is 10.9. The van der Waals surface area contributed by atoms with Crippen molar-refractivity contribution in [1.82, 2.24) is 9.88 Å². The summed E-state index contributed by atoms with van der Waals surface area (Å²) in [6.45, 7) is 11.8. The molecule has 0 saturated carbocycles. The maximum atomic E-state index is 4.47. The Balaban J connectivity index is 2.26. The lowest BCUT2D eigenvalue weighted by molar-refractivity contribution is 0.552. The number of aliphatic imine (C=N–C) groups is 1. The molecule has 2 aromatic rings. The summed E-state index contributed by atoms with van der Waals surface area (Å²) in [5.74, 6) is 0.748. The van der Waals surface area contributed by atoms with Gasteiger partial charge in [0.05, 0.1) is 6.34 Å². The van der Waals surface area contributed by atoms with Gasteiger partial charge >= 0.3 is 0 Å². The minimum absolute atomic E-state index is 0.176. The topological polar surface area (TPSA) is 28.5 Å². The first kappa shape index (κ1) is 17.2. The second kappa shape index (κ2) is 6.95. The summed E-state index contributed by atoms with van der Waals surface area (Å²) in [5, 5.41) is 0. The highest BCUT2D eigenvalue weighted by Crippen LogP contribution is 2.28. The van der Waals surface area contributed by atoms with Crippen molar-refractivity contribution in [2.75, 3.05) is 13.6 Å². The van der Waals surface area contributed by atoms with E-state index in [4.69, 9.17) is 0 Å². The van der Waals surface area contributed by atoms with E-state index >= 15 is 0 Å². The second-order valence-corrected chi connectivity index (χ2v) is 7.00.